The van der Waals surface area contributed by atoms with Crippen LogP contribution in [0.5, 0.6) is 5.75 Å². The first kappa shape index (κ1) is 12.3. The molecule has 1 atom stereocenters. The minimum absolute atomic E-state index is 0.196. The van der Waals surface area contributed by atoms with Gasteiger partial charge in [0.15, 0.2) is 0 Å². The zero-order valence-corrected chi connectivity index (χ0v) is 11.3. The Labute approximate surface area is 110 Å². The van der Waals surface area contributed by atoms with E-state index in [1.165, 1.54) is 16.9 Å². The summed E-state index contributed by atoms with van der Waals surface area (Å²) in [5.41, 5.74) is 3.23. The monoisotopic (exact) mass is 267 g/mol. The Bertz CT molecular complexity index is 524. The van der Waals surface area contributed by atoms with Crippen LogP contribution in [-0.4, -0.2) is 5.11 Å². The highest BCUT2D eigenvalue weighted by molar-refractivity contribution is 7.14. The number of phenols is 1. The Morgan fingerprint density at radius 2 is 2.12 bits per heavy atom. The summed E-state index contributed by atoms with van der Waals surface area (Å²) in [6.45, 7) is 4.06. The molecule has 17 heavy (non-hydrogen) atoms. The Morgan fingerprint density at radius 1 is 1.35 bits per heavy atom. The van der Waals surface area contributed by atoms with Crippen LogP contribution in [0.25, 0.3) is 0 Å². The van der Waals surface area contributed by atoms with Crippen molar-refractivity contribution in [3.63, 3.8) is 0 Å². The van der Waals surface area contributed by atoms with Crippen molar-refractivity contribution in [1.29, 1.82) is 0 Å². The Morgan fingerprint density at radius 3 is 2.71 bits per heavy atom. The number of benzene rings is 1. The zero-order valence-electron chi connectivity index (χ0n) is 9.70. The van der Waals surface area contributed by atoms with E-state index in [4.69, 9.17) is 11.6 Å². The predicted molar refractivity (Wildman–Crippen MR) is 74.2 cm³/mol. The molecule has 0 bridgehead atoms. The van der Waals surface area contributed by atoms with E-state index in [0.29, 0.717) is 5.75 Å². The third-order valence-electron chi connectivity index (χ3n) is 2.67. The molecular weight excluding hydrogens is 254 g/mol. The van der Waals surface area contributed by atoms with Crippen molar-refractivity contribution in [2.45, 2.75) is 19.9 Å². The molecule has 0 fully saturated rings. The number of hydrogen-bond donors (Lipinski definition) is 2. The number of aryl methyl sites for hydroxylation is 1. The number of hydrogen-bond acceptors (Lipinski definition) is 3. The second kappa shape index (κ2) is 4.98. The second-order valence-corrected chi connectivity index (χ2v) is 5.59. The number of thiophene rings is 1. The topological polar surface area (TPSA) is 32.3 Å². The van der Waals surface area contributed by atoms with Gasteiger partial charge in [0.2, 0.25) is 0 Å². The molecule has 0 aliphatic heterocycles. The first-order chi connectivity index (χ1) is 8.06. The fraction of sp³-hybridized carbons (Fsp3) is 0.231. The molecule has 0 aliphatic rings. The summed E-state index contributed by atoms with van der Waals surface area (Å²) in [4.78, 5) is 0. The number of aromatic hydroxyl groups is 1. The van der Waals surface area contributed by atoms with Crippen LogP contribution in [-0.2, 0) is 0 Å². The van der Waals surface area contributed by atoms with E-state index in [9.17, 15) is 5.11 Å². The van der Waals surface area contributed by atoms with Gasteiger partial charge < -0.3 is 10.4 Å². The maximum Gasteiger partial charge on any atom is 0.115 e. The molecule has 1 unspecified atom stereocenters. The lowest BCUT2D eigenvalue weighted by Crippen LogP contribution is -2.06. The number of rotatable bonds is 3. The fourth-order valence-corrected chi connectivity index (χ4v) is 2.66. The third kappa shape index (κ3) is 2.93. The van der Waals surface area contributed by atoms with E-state index in [1.807, 2.05) is 19.1 Å². The highest BCUT2D eigenvalue weighted by atomic mass is 35.5. The van der Waals surface area contributed by atoms with Gasteiger partial charge >= 0.3 is 0 Å². The van der Waals surface area contributed by atoms with Crippen LogP contribution >= 0.6 is 22.9 Å². The Kier molecular flexibility index (Phi) is 3.60. The normalized spacial score (nSPS) is 12.4. The summed E-state index contributed by atoms with van der Waals surface area (Å²) >= 11 is 7.45. The van der Waals surface area contributed by atoms with Gasteiger partial charge in [-0.15, -0.1) is 11.3 Å². The summed E-state index contributed by atoms with van der Waals surface area (Å²) in [7, 11) is 0. The first-order valence-corrected chi connectivity index (χ1v) is 6.62. The molecule has 0 saturated carbocycles. The molecule has 1 aromatic carbocycles. The van der Waals surface area contributed by atoms with Crippen LogP contribution in [0.4, 0.5) is 5.69 Å². The van der Waals surface area contributed by atoms with Gasteiger partial charge in [0, 0.05) is 11.7 Å². The van der Waals surface area contributed by atoms with Crippen LogP contribution in [0.1, 0.15) is 24.1 Å². The second-order valence-electron chi connectivity index (χ2n) is 4.05. The highest BCUT2D eigenvalue weighted by Gasteiger charge is 2.09. The quantitative estimate of drug-likeness (QED) is 0.798. The average molecular weight is 268 g/mol. The first-order valence-electron chi connectivity index (χ1n) is 5.36. The van der Waals surface area contributed by atoms with Gasteiger partial charge in [-0.1, -0.05) is 11.6 Å². The van der Waals surface area contributed by atoms with E-state index in [-0.39, 0.29) is 6.04 Å². The van der Waals surface area contributed by atoms with E-state index in [2.05, 4.69) is 17.6 Å². The number of anilines is 1. The summed E-state index contributed by atoms with van der Waals surface area (Å²) in [6.07, 6.45) is 0. The molecule has 0 amide bonds. The van der Waals surface area contributed by atoms with E-state index in [0.717, 1.165) is 15.6 Å². The Balaban J connectivity index is 2.15. The summed E-state index contributed by atoms with van der Waals surface area (Å²) in [6, 6.07) is 7.48. The van der Waals surface area contributed by atoms with Crippen molar-refractivity contribution in [1.82, 2.24) is 0 Å². The summed E-state index contributed by atoms with van der Waals surface area (Å²) in [5, 5.41) is 14.8. The zero-order chi connectivity index (χ0) is 12.4. The average Bonchev–Trinajstić information content (AvgIpc) is 2.69. The molecule has 4 heteroatoms. The number of phenolic OH excluding ortho intramolecular Hbond substituents is 1. The van der Waals surface area contributed by atoms with Gasteiger partial charge in [0.05, 0.1) is 4.34 Å². The SMILES string of the molecule is Cc1cc(O)ccc1NC(C)c1csc(Cl)c1. The number of nitrogens with one attached hydrogen (secondary N) is 1. The smallest absolute Gasteiger partial charge is 0.115 e. The van der Waals surface area contributed by atoms with E-state index < -0.39 is 0 Å². The van der Waals surface area contributed by atoms with Crippen LogP contribution in [0, 0.1) is 6.92 Å². The largest absolute Gasteiger partial charge is 0.508 e. The molecule has 0 radical (unpaired) electrons. The van der Waals surface area contributed by atoms with Gasteiger partial charge in [0.25, 0.3) is 0 Å². The van der Waals surface area contributed by atoms with E-state index >= 15 is 0 Å². The highest BCUT2D eigenvalue weighted by Crippen LogP contribution is 2.29. The van der Waals surface area contributed by atoms with Crippen LogP contribution in [0.2, 0.25) is 4.34 Å². The maximum atomic E-state index is 9.35. The van der Waals surface area contributed by atoms with Crippen molar-refractivity contribution in [2.75, 3.05) is 5.32 Å². The number of halogens is 1. The lowest BCUT2D eigenvalue weighted by atomic mass is 10.1. The molecule has 1 heterocycles. The van der Waals surface area contributed by atoms with Crippen molar-refractivity contribution in [2.24, 2.45) is 0 Å². The van der Waals surface area contributed by atoms with Crippen LogP contribution < -0.4 is 5.32 Å². The van der Waals surface area contributed by atoms with Crippen molar-refractivity contribution >= 4 is 28.6 Å². The van der Waals surface area contributed by atoms with Gasteiger partial charge in [-0.25, -0.2) is 0 Å². The minimum Gasteiger partial charge on any atom is -0.508 e. The minimum atomic E-state index is 0.196. The van der Waals surface area contributed by atoms with Gasteiger partial charge in [-0.2, -0.15) is 0 Å². The van der Waals surface area contributed by atoms with Gasteiger partial charge in [-0.3, -0.25) is 0 Å². The molecule has 0 spiro atoms. The van der Waals surface area contributed by atoms with Crippen molar-refractivity contribution < 1.29 is 5.11 Å². The molecule has 2 N–H and O–H groups in total. The van der Waals surface area contributed by atoms with Gasteiger partial charge in [0.1, 0.15) is 5.75 Å². The predicted octanol–water partition coefficient (Wildman–Crippen LogP) is 4.59. The maximum absolute atomic E-state index is 9.35. The Hall–Kier alpha value is -1.19. The molecule has 2 nitrogen and oxygen atoms in total. The van der Waals surface area contributed by atoms with Gasteiger partial charge in [-0.05, 0) is 54.6 Å². The van der Waals surface area contributed by atoms with Crippen molar-refractivity contribution in [3.8, 4) is 5.75 Å². The third-order valence-corrected chi connectivity index (χ3v) is 3.78. The van der Waals surface area contributed by atoms with Crippen LogP contribution in [0.15, 0.2) is 29.6 Å². The molecule has 2 rings (SSSR count). The van der Waals surface area contributed by atoms with Crippen molar-refractivity contribution in [3.05, 3.63) is 45.1 Å². The standard InChI is InChI=1S/C13H14ClNOS/c1-8-5-11(16)3-4-12(8)15-9(2)10-6-13(14)17-7-10/h3-7,9,15-16H,1-2H3. The fourth-order valence-electron chi connectivity index (χ4n) is 1.68. The summed E-state index contributed by atoms with van der Waals surface area (Å²) < 4.78 is 0.802. The lowest BCUT2D eigenvalue weighted by Gasteiger charge is -2.16. The molecule has 2 aromatic rings. The molecule has 0 saturated heterocycles. The lowest BCUT2D eigenvalue weighted by molar-refractivity contribution is 0.475. The van der Waals surface area contributed by atoms with Crippen LogP contribution in [0.3, 0.4) is 0 Å². The molecular formula is C13H14ClNOS. The molecule has 0 aliphatic carbocycles. The molecule has 90 valence electrons. The van der Waals surface area contributed by atoms with E-state index in [1.54, 1.807) is 12.1 Å². The molecule has 1 aromatic heterocycles. The summed E-state index contributed by atoms with van der Waals surface area (Å²) in [5.74, 6) is 0.291.